The van der Waals surface area contributed by atoms with Crippen LogP contribution in [-0.4, -0.2) is 24.6 Å². The van der Waals surface area contributed by atoms with Crippen molar-refractivity contribution in [2.45, 2.75) is 19.8 Å². The average molecular weight is 356 g/mol. The first-order valence-corrected chi connectivity index (χ1v) is 8.90. The maximum atomic E-state index is 12.1. The molecule has 0 aliphatic heterocycles. The van der Waals surface area contributed by atoms with Crippen molar-refractivity contribution >= 4 is 32.6 Å². The fraction of sp³-hybridized carbons (Fsp3) is 0.263. The number of anilines is 1. The molecule has 1 amide bonds. The molecule has 0 atom stereocenters. The number of amides is 1. The van der Waals surface area contributed by atoms with Crippen LogP contribution in [0.2, 0.25) is 0 Å². The third kappa shape index (κ3) is 4.48. The number of aryl methyl sites for hydroxylation is 1. The van der Waals surface area contributed by atoms with E-state index in [0.29, 0.717) is 30.3 Å². The quantitative estimate of drug-likeness (QED) is 0.637. The predicted molar refractivity (Wildman–Crippen MR) is 101 cm³/mol. The summed E-state index contributed by atoms with van der Waals surface area (Å²) >= 11 is 1.44. The van der Waals surface area contributed by atoms with Gasteiger partial charge in [-0.25, -0.2) is 4.98 Å². The van der Waals surface area contributed by atoms with E-state index in [4.69, 9.17) is 9.47 Å². The Morgan fingerprint density at radius 3 is 2.88 bits per heavy atom. The summed E-state index contributed by atoms with van der Waals surface area (Å²) in [6, 6.07) is 13.6. The van der Waals surface area contributed by atoms with Crippen LogP contribution >= 0.6 is 11.3 Å². The van der Waals surface area contributed by atoms with Crippen molar-refractivity contribution < 1.29 is 14.3 Å². The minimum atomic E-state index is -0.0640. The zero-order valence-corrected chi connectivity index (χ0v) is 15.1. The van der Waals surface area contributed by atoms with Gasteiger partial charge in [-0.2, -0.15) is 0 Å². The van der Waals surface area contributed by atoms with Gasteiger partial charge in [-0.05, 0) is 43.2 Å². The first kappa shape index (κ1) is 17.2. The highest BCUT2D eigenvalue weighted by Gasteiger charge is 2.10. The normalized spacial score (nSPS) is 10.6. The van der Waals surface area contributed by atoms with Crippen LogP contribution in [0.15, 0.2) is 42.5 Å². The molecule has 0 saturated carbocycles. The molecule has 5 nitrogen and oxygen atoms in total. The van der Waals surface area contributed by atoms with Crippen molar-refractivity contribution in [3.63, 3.8) is 0 Å². The molecule has 0 aliphatic rings. The van der Waals surface area contributed by atoms with Gasteiger partial charge in [-0.3, -0.25) is 4.79 Å². The van der Waals surface area contributed by atoms with Crippen LogP contribution in [0.25, 0.3) is 10.2 Å². The second-order valence-electron chi connectivity index (χ2n) is 5.64. The number of rotatable bonds is 7. The minimum Gasteiger partial charge on any atom is -0.494 e. The summed E-state index contributed by atoms with van der Waals surface area (Å²) in [5.41, 5.74) is 1.93. The van der Waals surface area contributed by atoms with E-state index in [0.717, 1.165) is 21.5 Å². The van der Waals surface area contributed by atoms with Gasteiger partial charge in [0.05, 0.1) is 18.4 Å². The molecule has 1 N–H and O–H groups in total. The van der Waals surface area contributed by atoms with Gasteiger partial charge in [0, 0.05) is 6.42 Å². The van der Waals surface area contributed by atoms with Gasteiger partial charge in [0.15, 0.2) is 5.13 Å². The zero-order valence-electron chi connectivity index (χ0n) is 14.2. The third-order valence-electron chi connectivity index (χ3n) is 3.65. The van der Waals surface area contributed by atoms with Crippen molar-refractivity contribution in [2.24, 2.45) is 0 Å². The van der Waals surface area contributed by atoms with Gasteiger partial charge in [0.2, 0.25) is 5.91 Å². The molecule has 0 fully saturated rings. The van der Waals surface area contributed by atoms with E-state index in [2.05, 4.69) is 10.3 Å². The van der Waals surface area contributed by atoms with Gasteiger partial charge < -0.3 is 14.8 Å². The summed E-state index contributed by atoms with van der Waals surface area (Å²) in [5, 5.41) is 3.43. The van der Waals surface area contributed by atoms with Gasteiger partial charge in [0.25, 0.3) is 0 Å². The number of ether oxygens (including phenoxy) is 2. The van der Waals surface area contributed by atoms with E-state index >= 15 is 0 Å². The SMILES string of the molecule is COc1cccc2sc(NC(=O)CCCOc3cccc(C)c3)nc12. The summed E-state index contributed by atoms with van der Waals surface area (Å²) in [6.07, 6.45) is 1.03. The fourth-order valence-electron chi connectivity index (χ4n) is 2.45. The lowest BCUT2D eigenvalue weighted by atomic mass is 10.2. The number of aromatic nitrogens is 1. The molecule has 1 aromatic heterocycles. The van der Waals surface area contributed by atoms with Gasteiger partial charge in [-0.1, -0.05) is 29.5 Å². The Morgan fingerprint density at radius 1 is 1.24 bits per heavy atom. The Hall–Kier alpha value is -2.60. The molecule has 0 unspecified atom stereocenters. The van der Waals surface area contributed by atoms with E-state index in [1.165, 1.54) is 11.3 Å². The molecular formula is C19H20N2O3S. The highest BCUT2D eigenvalue weighted by molar-refractivity contribution is 7.22. The van der Waals surface area contributed by atoms with Crippen LogP contribution in [0, 0.1) is 6.92 Å². The molecule has 0 radical (unpaired) electrons. The highest BCUT2D eigenvalue weighted by atomic mass is 32.1. The van der Waals surface area contributed by atoms with Crippen LogP contribution in [0.3, 0.4) is 0 Å². The van der Waals surface area contributed by atoms with Crippen LogP contribution in [0.1, 0.15) is 18.4 Å². The van der Waals surface area contributed by atoms with E-state index in [-0.39, 0.29) is 5.91 Å². The molecule has 3 aromatic rings. The highest BCUT2D eigenvalue weighted by Crippen LogP contribution is 2.32. The van der Waals surface area contributed by atoms with E-state index < -0.39 is 0 Å². The lowest BCUT2D eigenvalue weighted by Gasteiger charge is -2.06. The number of carbonyl (C=O) groups excluding carboxylic acids is 1. The lowest BCUT2D eigenvalue weighted by Crippen LogP contribution is -2.12. The number of benzene rings is 2. The molecule has 0 spiro atoms. The standard InChI is InChI=1S/C19H20N2O3S/c1-13-6-3-7-14(12-13)24-11-5-10-17(22)20-19-21-18-15(23-2)8-4-9-16(18)25-19/h3-4,6-9,12H,5,10-11H2,1-2H3,(H,20,21,22). The van der Waals surface area contributed by atoms with Crippen LogP contribution in [0.4, 0.5) is 5.13 Å². The van der Waals surface area contributed by atoms with Crippen molar-refractivity contribution in [1.82, 2.24) is 4.98 Å². The smallest absolute Gasteiger partial charge is 0.226 e. The Morgan fingerprint density at radius 2 is 2.08 bits per heavy atom. The zero-order chi connectivity index (χ0) is 17.6. The Balaban J connectivity index is 1.49. The predicted octanol–water partition coefficient (Wildman–Crippen LogP) is 4.41. The van der Waals surface area contributed by atoms with Gasteiger partial charge in [0.1, 0.15) is 17.0 Å². The third-order valence-corrected chi connectivity index (χ3v) is 4.59. The second kappa shape index (κ2) is 7.98. The lowest BCUT2D eigenvalue weighted by molar-refractivity contribution is -0.116. The van der Waals surface area contributed by atoms with Gasteiger partial charge >= 0.3 is 0 Å². The van der Waals surface area contributed by atoms with Crippen LogP contribution < -0.4 is 14.8 Å². The molecule has 1 heterocycles. The largest absolute Gasteiger partial charge is 0.494 e. The molecule has 0 bridgehead atoms. The summed E-state index contributed by atoms with van der Waals surface area (Å²) in [6.45, 7) is 2.53. The van der Waals surface area contributed by atoms with Crippen molar-refractivity contribution in [3.8, 4) is 11.5 Å². The monoisotopic (exact) mass is 356 g/mol. The van der Waals surface area contributed by atoms with Crippen molar-refractivity contribution in [2.75, 3.05) is 19.0 Å². The summed E-state index contributed by atoms with van der Waals surface area (Å²) in [7, 11) is 1.61. The first-order valence-electron chi connectivity index (χ1n) is 8.08. The molecule has 6 heteroatoms. The van der Waals surface area contributed by atoms with Crippen LogP contribution in [0.5, 0.6) is 11.5 Å². The number of para-hydroxylation sites is 1. The number of hydrogen-bond donors (Lipinski definition) is 1. The van der Waals surface area contributed by atoms with Crippen molar-refractivity contribution in [3.05, 3.63) is 48.0 Å². The molecule has 0 saturated heterocycles. The van der Waals surface area contributed by atoms with E-state index in [9.17, 15) is 4.79 Å². The molecular weight excluding hydrogens is 336 g/mol. The Kier molecular flexibility index (Phi) is 5.50. The first-order chi connectivity index (χ1) is 12.2. The maximum absolute atomic E-state index is 12.1. The number of methoxy groups -OCH3 is 1. The Labute approximate surface area is 150 Å². The van der Waals surface area contributed by atoms with Gasteiger partial charge in [-0.15, -0.1) is 0 Å². The fourth-order valence-corrected chi connectivity index (χ4v) is 3.35. The summed E-state index contributed by atoms with van der Waals surface area (Å²) < 4.78 is 11.9. The number of nitrogens with one attached hydrogen (secondary N) is 1. The topological polar surface area (TPSA) is 60.5 Å². The number of fused-ring (bicyclic) bond motifs is 1. The number of nitrogens with zero attached hydrogens (tertiary/aromatic N) is 1. The van der Waals surface area contributed by atoms with E-state index in [1.54, 1.807) is 7.11 Å². The molecule has 2 aromatic carbocycles. The number of hydrogen-bond acceptors (Lipinski definition) is 5. The molecule has 3 rings (SSSR count). The average Bonchev–Trinajstić information content (AvgIpc) is 3.01. The number of thiazole rings is 1. The molecule has 130 valence electrons. The number of carbonyl (C=O) groups is 1. The van der Waals surface area contributed by atoms with Crippen molar-refractivity contribution in [1.29, 1.82) is 0 Å². The molecule has 25 heavy (non-hydrogen) atoms. The van der Waals surface area contributed by atoms with E-state index in [1.807, 2.05) is 49.4 Å². The minimum absolute atomic E-state index is 0.0640. The Bertz CT molecular complexity index is 876. The summed E-state index contributed by atoms with van der Waals surface area (Å²) in [5.74, 6) is 1.48. The maximum Gasteiger partial charge on any atom is 0.226 e. The second-order valence-corrected chi connectivity index (χ2v) is 6.67. The van der Waals surface area contributed by atoms with Crippen LogP contribution in [-0.2, 0) is 4.79 Å². The molecule has 0 aliphatic carbocycles. The summed E-state index contributed by atoms with van der Waals surface area (Å²) in [4.78, 5) is 16.5.